The molecule has 2 heterocycles. The van der Waals surface area contributed by atoms with Crippen LogP contribution in [-0.4, -0.2) is 9.97 Å². The van der Waals surface area contributed by atoms with E-state index in [-0.39, 0.29) is 11.6 Å². The van der Waals surface area contributed by atoms with Gasteiger partial charge in [0.15, 0.2) is 0 Å². The average Bonchev–Trinajstić information content (AvgIpc) is 3.06. The van der Waals surface area contributed by atoms with Gasteiger partial charge in [-0.05, 0) is 43.5 Å². The highest BCUT2D eigenvalue weighted by atomic mass is 79.9. The Morgan fingerprint density at radius 1 is 1.10 bits per heavy atom. The molecule has 0 spiro atoms. The molecule has 2 N–H and O–H groups in total. The first-order valence-corrected chi connectivity index (χ1v) is 11.7. The Morgan fingerprint density at radius 3 is 2.47 bits per heavy atom. The van der Waals surface area contributed by atoms with E-state index in [0.717, 1.165) is 31.7 Å². The van der Waals surface area contributed by atoms with Crippen LogP contribution in [0.2, 0.25) is 0 Å². The smallest absolute Gasteiger partial charge is 0.260 e. The summed E-state index contributed by atoms with van der Waals surface area (Å²) < 4.78 is 1.06. The van der Waals surface area contributed by atoms with Crippen molar-refractivity contribution >= 4 is 37.5 Å². The number of nitrogens with zero attached hydrogens (tertiary/aromatic N) is 1. The Labute approximate surface area is 188 Å². The number of benzene rings is 2. The van der Waals surface area contributed by atoms with Crippen LogP contribution in [0.4, 0.5) is 0 Å². The standard InChI is InChI=1S/C24H24BrN3OS/c1-4-19(16-9-11-18(25)12-10-16)26-13-20-27-23(29)22-21(15(3)30-24(22)28-20)17-7-5-14(2)6-8-17/h5-12,19,26H,4,13H2,1-3H3,(H,27,28,29)/t19-/m1/s1. The van der Waals surface area contributed by atoms with Gasteiger partial charge in [-0.25, -0.2) is 4.98 Å². The van der Waals surface area contributed by atoms with E-state index < -0.39 is 0 Å². The molecule has 0 fully saturated rings. The molecule has 0 saturated carbocycles. The van der Waals surface area contributed by atoms with Crippen LogP contribution in [0.25, 0.3) is 21.3 Å². The molecule has 0 amide bonds. The van der Waals surface area contributed by atoms with Gasteiger partial charge in [-0.3, -0.25) is 4.79 Å². The lowest BCUT2D eigenvalue weighted by Crippen LogP contribution is -2.23. The number of H-pyrrole nitrogens is 1. The maximum atomic E-state index is 13.0. The van der Waals surface area contributed by atoms with Gasteiger partial charge < -0.3 is 10.3 Å². The summed E-state index contributed by atoms with van der Waals surface area (Å²) in [7, 11) is 0. The van der Waals surface area contributed by atoms with Gasteiger partial charge in [0.1, 0.15) is 10.7 Å². The van der Waals surface area contributed by atoms with Gasteiger partial charge in [0.05, 0.1) is 11.9 Å². The minimum Gasteiger partial charge on any atom is -0.309 e. The maximum Gasteiger partial charge on any atom is 0.260 e. The van der Waals surface area contributed by atoms with Crippen LogP contribution < -0.4 is 10.9 Å². The molecule has 1 atom stereocenters. The van der Waals surface area contributed by atoms with Gasteiger partial charge in [0, 0.05) is 21.0 Å². The summed E-state index contributed by atoms with van der Waals surface area (Å²) in [5, 5.41) is 4.21. The molecule has 0 bridgehead atoms. The van der Waals surface area contributed by atoms with Crippen molar-refractivity contribution in [1.29, 1.82) is 0 Å². The van der Waals surface area contributed by atoms with Crippen LogP contribution in [-0.2, 0) is 6.54 Å². The minimum atomic E-state index is -0.0755. The van der Waals surface area contributed by atoms with E-state index in [1.54, 1.807) is 11.3 Å². The first-order chi connectivity index (χ1) is 14.5. The van der Waals surface area contributed by atoms with Gasteiger partial charge >= 0.3 is 0 Å². The molecule has 2 aromatic heterocycles. The number of aryl methyl sites for hydroxylation is 2. The second-order valence-corrected chi connectivity index (χ2v) is 9.60. The molecule has 0 radical (unpaired) electrons. The number of hydrogen-bond donors (Lipinski definition) is 2. The van der Waals surface area contributed by atoms with E-state index in [0.29, 0.717) is 17.8 Å². The zero-order valence-corrected chi connectivity index (χ0v) is 19.7. The summed E-state index contributed by atoms with van der Waals surface area (Å²) in [6, 6.07) is 16.8. The molecule has 2 aromatic carbocycles. The first kappa shape index (κ1) is 21.0. The summed E-state index contributed by atoms with van der Waals surface area (Å²) in [6.45, 7) is 6.78. The second kappa shape index (κ2) is 8.84. The zero-order valence-electron chi connectivity index (χ0n) is 17.3. The molecule has 0 aliphatic rings. The molecule has 6 heteroatoms. The number of thiophene rings is 1. The number of hydrogen-bond acceptors (Lipinski definition) is 4. The van der Waals surface area contributed by atoms with Crippen LogP contribution in [0.3, 0.4) is 0 Å². The zero-order chi connectivity index (χ0) is 21.3. The third-order valence-electron chi connectivity index (χ3n) is 5.32. The number of fused-ring (bicyclic) bond motifs is 1. The normalized spacial score (nSPS) is 12.4. The van der Waals surface area contributed by atoms with E-state index in [1.165, 1.54) is 11.1 Å². The highest BCUT2D eigenvalue weighted by Crippen LogP contribution is 2.35. The third kappa shape index (κ3) is 4.26. The largest absolute Gasteiger partial charge is 0.309 e. The topological polar surface area (TPSA) is 57.8 Å². The number of halogens is 1. The summed E-state index contributed by atoms with van der Waals surface area (Å²) in [4.78, 5) is 22.6. The van der Waals surface area contributed by atoms with E-state index in [9.17, 15) is 4.79 Å². The highest BCUT2D eigenvalue weighted by molar-refractivity contribution is 9.10. The predicted octanol–water partition coefficient (Wildman–Crippen LogP) is 6.27. The number of rotatable bonds is 6. The fourth-order valence-corrected chi connectivity index (χ4v) is 5.06. The van der Waals surface area contributed by atoms with E-state index in [2.05, 4.69) is 83.4 Å². The molecular formula is C24H24BrN3OS. The Hall–Kier alpha value is -2.28. The number of aromatic nitrogens is 2. The van der Waals surface area contributed by atoms with Crippen molar-refractivity contribution in [2.45, 2.75) is 39.8 Å². The molecule has 30 heavy (non-hydrogen) atoms. The SMILES string of the molecule is CC[C@@H](NCc1nc2sc(C)c(-c3ccc(C)cc3)c2c(=O)[nH]1)c1ccc(Br)cc1. The van der Waals surface area contributed by atoms with Gasteiger partial charge in [-0.2, -0.15) is 0 Å². The van der Waals surface area contributed by atoms with Crippen LogP contribution in [0, 0.1) is 13.8 Å². The molecular weight excluding hydrogens is 458 g/mol. The Balaban J connectivity index is 1.63. The fourth-order valence-electron chi connectivity index (χ4n) is 3.73. The molecule has 4 rings (SSSR count). The third-order valence-corrected chi connectivity index (χ3v) is 6.85. The van der Waals surface area contributed by atoms with Crippen molar-refractivity contribution < 1.29 is 0 Å². The number of aromatic amines is 1. The van der Waals surface area contributed by atoms with Crippen molar-refractivity contribution in [2.24, 2.45) is 0 Å². The molecule has 154 valence electrons. The van der Waals surface area contributed by atoms with Crippen molar-refractivity contribution in [3.05, 3.63) is 85.2 Å². The molecule has 0 unspecified atom stereocenters. The van der Waals surface area contributed by atoms with E-state index in [4.69, 9.17) is 4.98 Å². The van der Waals surface area contributed by atoms with Crippen molar-refractivity contribution in [1.82, 2.24) is 15.3 Å². The van der Waals surface area contributed by atoms with Crippen molar-refractivity contribution in [3.63, 3.8) is 0 Å². The van der Waals surface area contributed by atoms with Crippen LogP contribution in [0.15, 0.2) is 57.8 Å². The lowest BCUT2D eigenvalue weighted by molar-refractivity contribution is 0.509. The molecule has 4 nitrogen and oxygen atoms in total. The lowest BCUT2D eigenvalue weighted by atomic mass is 10.0. The molecule has 0 aliphatic carbocycles. The van der Waals surface area contributed by atoms with E-state index in [1.807, 2.05) is 12.1 Å². The van der Waals surface area contributed by atoms with E-state index >= 15 is 0 Å². The highest BCUT2D eigenvalue weighted by Gasteiger charge is 2.17. The summed E-state index contributed by atoms with van der Waals surface area (Å²) in [6.07, 6.45) is 0.948. The first-order valence-electron chi connectivity index (χ1n) is 10.0. The summed E-state index contributed by atoms with van der Waals surface area (Å²) in [5.74, 6) is 0.666. The Morgan fingerprint density at radius 2 is 1.80 bits per heavy atom. The van der Waals surface area contributed by atoms with Gasteiger partial charge in [0.25, 0.3) is 5.56 Å². The monoisotopic (exact) mass is 481 g/mol. The summed E-state index contributed by atoms with van der Waals surface area (Å²) >= 11 is 5.06. The van der Waals surface area contributed by atoms with Gasteiger partial charge in [-0.15, -0.1) is 11.3 Å². The number of nitrogens with one attached hydrogen (secondary N) is 2. The predicted molar refractivity (Wildman–Crippen MR) is 129 cm³/mol. The average molecular weight is 482 g/mol. The Kier molecular flexibility index (Phi) is 6.18. The Bertz CT molecular complexity index is 1230. The fraction of sp³-hybridized carbons (Fsp3) is 0.250. The molecule has 0 aliphatic heterocycles. The quantitative estimate of drug-likeness (QED) is 0.341. The van der Waals surface area contributed by atoms with Crippen molar-refractivity contribution in [3.8, 4) is 11.1 Å². The molecule has 4 aromatic rings. The second-order valence-electron chi connectivity index (χ2n) is 7.49. The van der Waals surface area contributed by atoms with Crippen molar-refractivity contribution in [2.75, 3.05) is 0 Å². The van der Waals surface area contributed by atoms with Crippen LogP contribution >= 0.6 is 27.3 Å². The van der Waals surface area contributed by atoms with Gasteiger partial charge in [0.2, 0.25) is 0 Å². The van der Waals surface area contributed by atoms with Crippen LogP contribution in [0.1, 0.15) is 41.2 Å². The summed E-state index contributed by atoms with van der Waals surface area (Å²) in [5.41, 5.74) is 4.40. The minimum absolute atomic E-state index is 0.0755. The lowest BCUT2D eigenvalue weighted by Gasteiger charge is -2.17. The molecule has 0 saturated heterocycles. The van der Waals surface area contributed by atoms with Gasteiger partial charge in [-0.1, -0.05) is 64.8 Å². The maximum absolute atomic E-state index is 13.0. The van der Waals surface area contributed by atoms with Crippen LogP contribution in [0.5, 0.6) is 0 Å².